The van der Waals surface area contributed by atoms with Gasteiger partial charge in [-0.25, -0.2) is 8.42 Å². The van der Waals surface area contributed by atoms with E-state index in [1.165, 1.54) is 4.31 Å². The van der Waals surface area contributed by atoms with Crippen molar-refractivity contribution in [2.45, 2.75) is 31.6 Å². The second kappa shape index (κ2) is 9.89. The number of piperazine rings is 1. The van der Waals surface area contributed by atoms with Crippen LogP contribution in [0.3, 0.4) is 0 Å². The standard InChI is InChI=1S/C18H29N3O4S/c1-3-12-21(13-9-18(22)20-14-10-19-11-15-20)26(23,24)17-7-5-16(6-8-17)25-4-2/h5-8,19H,3-4,9-15H2,1-2H3. The van der Waals surface area contributed by atoms with E-state index in [2.05, 4.69) is 5.32 Å². The normalized spacial score (nSPS) is 15.3. The molecule has 0 aliphatic carbocycles. The van der Waals surface area contributed by atoms with Crippen LogP contribution in [0.5, 0.6) is 5.75 Å². The van der Waals surface area contributed by atoms with Crippen molar-refractivity contribution in [3.05, 3.63) is 24.3 Å². The molecule has 0 spiro atoms. The van der Waals surface area contributed by atoms with Gasteiger partial charge in [-0.3, -0.25) is 4.79 Å². The molecule has 2 rings (SSSR count). The lowest BCUT2D eigenvalue weighted by Gasteiger charge is -2.28. The number of carbonyl (C=O) groups excluding carboxylic acids is 1. The summed E-state index contributed by atoms with van der Waals surface area (Å²) < 4.78 is 32.6. The van der Waals surface area contributed by atoms with Crippen molar-refractivity contribution in [3.63, 3.8) is 0 Å². The topological polar surface area (TPSA) is 79.0 Å². The molecule has 1 amide bonds. The lowest BCUT2D eigenvalue weighted by Crippen LogP contribution is -2.47. The summed E-state index contributed by atoms with van der Waals surface area (Å²) in [5, 5.41) is 3.20. The first-order valence-corrected chi connectivity index (χ1v) is 10.6. The van der Waals surface area contributed by atoms with Gasteiger partial charge in [0.15, 0.2) is 0 Å². The van der Waals surface area contributed by atoms with Crippen molar-refractivity contribution in [2.24, 2.45) is 0 Å². The molecular weight excluding hydrogens is 354 g/mol. The van der Waals surface area contributed by atoms with Gasteiger partial charge in [-0.05, 0) is 37.6 Å². The van der Waals surface area contributed by atoms with Crippen LogP contribution in [-0.2, 0) is 14.8 Å². The van der Waals surface area contributed by atoms with Gasteiger partial charge in [-0.2, -0.15) is 4.31 Å². The van der Waals surface area contributed by atoms with E-state index in [4.69, 9.17) is 4.74 Å². The maximum absolute atomic E-state index is 12.9. The molecule has 7 nitrogen and oxygen atoms in total. The van der Waals surface area contributed by atoms with Gasteiger partial charge in [0.05, 0.1) is 11.5 Å². The first kappa shape index (κ1) is 20.7. The third kappa shape index (κ3) is 5.43. The molecule has 1 heterocycles. The monoisotopic (exact) mass is 383 g/mol. The number of benzene rings is 1. The summed E-state index contributed by atoms with van der Waals surface area (Å²) in [5.74, 6) is 0.650. The Balaban J connectivity index is 2.04. The Morgan fingerprint density at radius 2 is 1.81 bits per heavy atom. The maximum atomic E-state index is 12.9. The van der Waals surface area contributed by atoms with Crippen LogP contribution in [0.25, 0.3) is 0 Å². The fourth-order valence-electron chi connectivity index (χ4n) is 2.92. The Labute approximate surface area is 156 Å². The number of hydrogen-bond acceptors (Lipinski definition) is 5. The van der Waals surface area contributed by atoms with E-state index in [1.807, 2.05) is 13.8 Å². The average molecular weight is 384 g/mol. The van der Waals surface area contributed by atoms with E-state index >= 15 is 0 Å². The average Bonchev–Trinajstić information content (AvgIpc) is 2.66. The van der Waals surface area contributed by atoms with Crippen molar-refractivity contribution in [3.8, 4) is 5.75 Å². The molecule has 0 unspecified atom stereocenters. The van der Waals surface area contributed by atoms with Crippen LogP contribution >= 0.6 is 0 Å². The van der Waals surface area contributed by atoms with Crippen molar-refractivity contribution in [1.29, 1.82) is 0 Å². The molecule has 8 heteroatoms. The molecule has 1 saturated heterocycles. The lowest BCUT2D eigenvalue weighted by molar-refractivity contribution is -0.131. The van der Waals surface area contributed by atoms with Gasteiger partial charge in [0.1, 0.15) is 5.75 Å². The van der Waals surface area contributed by atoms with Gasteiger partial charge in [-0.15, -0.1) is 0 Å². The Morgan fingerprint density at radius 3 is 2.38 bits per heavy atom. The summed E-state index contributed by atoms with van der Waals surface area (Å²) in [6.07, 6.45) is 0.897. The molecule has 0 bridgehead atoms. The smallest absolute Gasteiger partial charge is 0.243 e. The zero-order valence-electron chi connectivity index (χ0n) is 15.6. The van der Waals surface area contributed by atoms with Gasteiger partial charge >= 0.3 is 0 Å². The van der Waals surface area contributed by atoms with Gasteiger partial charge in [-0.1, -0.05) is 6.92 Å². The van der Waals surface area contributed by atoms with E-state index in [-0.39, 0.29) is 23.8 Å². The molecule has 26 heavy (non-hydrogen) atoms. The summed E-state index contributed by atoms with van der Waals surface area (Å²) in [7, 11) is -3.63. The second-order valence-corrected chi connectivity index (χ2v) is 8.13. The minimum atomic E-state index is -3.63. The minimum absolute atomic E-state index is 0.00879. The Morgan fingerprint density at radius 1 is 1.15 bits per heavy atom. The van der Waals surface area contributed by atoms with Crippen molar-refractivity contribution < 1.29 is 17.9 Å². The van der Waals surface area contributed by atoms with Crippen molar-refractivity contribution in [1.82, 2.24) is 14.5 Å². The van der Waals surface area contributed by atoms with Gasteiger partial charge < -0.3 is 15.0 Å². The van der Waals surface area contributed by atoms with Gasteiger partial charge in [0, 0.05) is 45.7 Å². The summed E-state index contributed by atoms with van der Waals surface area (Å²) in [5.41, 5.74) is 0. The van der Waals surface area contributed by atoms with Gasteiger partial charge in [0.2, 0.25) is 15.9 Å². The second-order valence-electron chi connectivity index (χ2n) is 6.19. The molecule has 0 radical (unpaired) electrons. The Bertz CT molecular complexity index is 670. The zero-order chi connectivity index (χ0) is 19.0. The third-order valence-electron chi connectivity index (χ3n) is 4.29. The van der Waals surface area contributed by atoms with Crippen molar-refractivity contribution >= 4 is 15.9 Å². The van der Waals surface area contributed by atoms with Crippen LogP contribution in [0.1, 0.15) is 26.7 Å². The Hall–Kier alpha value is -1.64. The van der Waals surface area contributed by atoms with E-state index in [0.29, 0.717) is 38.4 Å². The number of nitrogens with one attached hydrogen (secondary N) is 1. The van der Waals surface area contributed by atoms with Crippen LogP contribution in [0.4, 0.5) is 0 Å². The highest BCUT2D eigenvalue weighted by Gasteiger charge is 2.25. The third-order valence-corrected chi connectivity index (χ3v) is 6.20. The molecular formula is C18H29N3O4S. The molecule has 0 atom stereocenters. The Kier molecular flexibility index (Phi) is 7.86. The van der Waals surface area contributed by atoms with E-state index in [0.717, 1.165) is 13.1 Å². The summed E-state index contributed by atoms with van der Waals surface area (Å²) in [6.45, 7) is 7.86. The summed E-state index contributed by atoms with van der Waals surface area (Å²) in [4.78, 5) is 14.4. The zero-order valence-corrected chi connectivity index (χ0v) is 16.4. The van der Waals surface area contributed by atoms with E-state index in [1.54, 1.807) is 29.2 Å². The largest absolute Gasteiger partial charge is 0.494 e. The molecule has 1 fully saturated rings. The lowest BCUT2D eigenvalue weighted by atomic mass is 10.3. The van der Waals surface area contributed by atoms with Crippen LogP contribution < -0.4 is 10.1 Å². The highest BCUT2D eigenvalue weighted by molar-refractivity contribution is 7.89. The summed E-state index contributed by atoms with van der Waals surface area (Å²) in [6, 6.07) is 6.43. The number of amides is 1. The quantitative estimate of drug-likeness (QED) is 0.696. The van der Waals surface area contributed by atoms with E-state index in [9.17, 15) is 13.2 Å². The van der Waals surface area contributed by atoms with Crippen molar-refractivity contribution in [2.75, 3.05) is 45.9 Å². The SMILES string of the molecule is CCCN(CCC(=O)N1CCNCC1)S(=O)(=O)c1ccc(OCC)cc1. The molecule has 1 aliphatic heterocycles. The fraction of sp³-hybridized carbons (Fsp3) is 0.611. The molecule has 1 aliphatic rings. The predicted molar refractivity (Wildman–Crippen MR) is 101 cm³/mol. The molecule has 1 aromatic carbocycles. The maximum Gasteiger partial charge on any atom is 0.243 e. The number of rotatable bonds is 9. The first-order valence-electron chi connectivity index (χ1n) is 9.20. The minimum Gasteiger partial charge on any atom is -0.494 e. The van der Waals surface area contributed by atoms with E-state index < -0.39 is 10.0 Å². The molecule has 1 aromatic rings. The molecule has 1 N–H and O–H groups in total. The molecule has 0 saturated carbocycles. The fourth-order valence-corrected chi connectivity index (χ4v) is 4.45. The number of nitrogens with zero attached hydrogens (tertiary/aromatic N) is 2. The predicted octanol–water partition coefficient (Wildman–Crippen LogP) is 1.31. The van der Waals surface area contributed by atoms with Gasteiger partial charge in [0.25, 0.3) is 0 Å². The van der Waals surface area contributed by atoms with Crippen LogP contribution in [0.2, 0.25) is 0 Å². The van der Waals surface area contributed by atoms with Crippen LogP contribution in [0, 0.1) is 0 Å². The number of carbonyl (C=O) groups is 1. The van der Waals surface area contributed by atoms with Crippen LogP contribution in [-0.4, -0.2) is 69.4 Å². The number of hydrogen-bond donors (Lipinski definition) is 1. The molecule has 0 aromatic heterocycles. The van der Waals surface area contributed by atoms with Crippen LogP contribution in [0.15, 0.2) is 29.2 Å². The number of sulfonamides is 1. The first-order chi connectivity index (χ1) is 12.5. The summed E-state index contributed by atoms with van der Waals surface area (Å²) >= 11 is 0. The highest BCUT2D eigenvalue weighted by atomic mass is 32.2. The highest BCUT2D eigenvalue weighted by Crippen LogP contribution is 2.20. The molecule has 146 valence electrons. The number of ether oxygens (including phenoxy) is 1.